The van der Waals surface area contributed by atoms with Gasteiger partial charge < -0.3 is 26.4 Å². The number of carboxylic acid groups (broad SMARTS) is 1. The van der Waals surface area contributed by atoms with Crippen LogP contribution in [0.25, 0.3) is 0 Å². The topological polar surface area (TPSA) is 137 Å². The first-order valence-corrected chi connectivity index (χ1v) is 14.0. The van der Waals surface area contributed by atoms with Crippen molar-refractivity contribution in [1.29, 1.82) is 0 Å². The number of nitrogens with one attached hydrogen (secondary N) is 4. The highest BCUT2D eigenvalue weighted by Crippen LogP contribution is 2.25. The summed E-state index contributed by atoms with van der Waals surface area (Å²) in [6, 6.07) is 15.9. The minimum Gasteiger partial charge on any atom is -0.480 e. The van der Waals surface area contributed by atoms with E-state index >= 15 is 0 Å². The molecule has 1 fully saturated rings. The molecule has 9 nitrogen and oxygen atoms in total. The first kappa shape index (κ1) is 29.9. The summed E-state index contributed by atoms with van der Waals surface area (Å²) in [6.07, 6.45) is 5.12. The molecule has 1 unspecified atom stereocenters. The largest absolute Gasteiger partial charge is 0.480 e. The second-order valence-electron chi connectivity index (χ2n) is 9.80. The van der Waals surface area contributed by atoms with Gasteiger partial charge in [0.15, 0.2) is 0 Å². The highest BCUT2D eigenvalue weighted by molar-refractivity contribution is 6.40. The SMILES string of the molecule is O=C(Nc1ccccc1C(=O)NC1CCCCC1)NC(Cc1ccc(NC(=O)c2c(Cl)cccc2Cl)cc1)C(=O)O. The molecule has 4 rings (SSSR count). The fraction of sp³-hybridized carbons (Fsp3) is 0.267. The van der Waals surface area contributed by atoms with Crippen molar-refractivity contribution in [2.75, 3.05) is 10.6 Å². The van der Waals surface area contributed by atoms with Gasteiger partial charge in [-0.05, 0) is 54.8 Å². The molecule has 5 N–H and O–H groups in total. The number of anilines is 2. The average Bonchev–Trinajstić information content (AvgIpc) is 2.94. The van der Waals surface area contributed by atoms with Gasteiger partial charge >= 0.3 is 12.0 Å². The number of rotatable bonds is 9. The second-order valence-corrected chi connectivity index (χ2v) is 10.6. The highest BCUT2D eigenvalue weighted by atomic mass is 35.5. The van der Waals surface area contributed by atoms with Crippen LogP contribution >= 0.6 is 23.2 Å². The van der Waals surface area contributed by atoms with Crippen LogP contribution in [0.2, 0.25) is 10.0 Å². The van der Waals surface area contributed by atoms with Crippen molar-refractivity contribution in [3.05, 3.63) is 93.5 Å². The van der Waals surface area contributed by atoms with Crippen LogP contribution in [0.5, 0.6) is 0 Å². The fourth-order valence-corrected chi connectivity index (χ4v) is 5.25. The van der Waals surface area contributed by atoms with Gasteiger partial charge in [-0.25, -0.2) is 9.59 Å². The van der Waals surface area contributed by atoms with Crippen LogP contribution in [0, 0.1) is 0 Å². The molecule has 41 heavy (non-hydrogen) atoms. The predicted molar refractivity (Wildman–Crippen MR) is 159 cm³/mol. The third kappa shape index (κ3) is 8.22. The third-order valence-electron chi connectivity index (χ3n) is 6.81. The fourth-order valence-electron chi connectivity index (χ4n) is 4.69. The summed E-state index contributed by atoms with van der Waals surface area (Å²) in [5, 5.41) is 21.0. The summed E-state index contributed by atoms with van der Waals surface area (Å²) in [5.74, 6) is -2.00. The van der Waals surface area contributed by atoms with Crippen LogP contribution in [0.15, 0.2) is 66.7 Å². The molecule has 1 aliphatic rings. The summed E-state index contributed by atoms with van der Waals surface area (Å²) < 4.78 is 0. The zero-order valence-corrected chi connectivity index (χ0v) is 23.6. The standard InChI is InChI=1S/C30H30Cl2N4O5/c31-22-10-6-11-23(32)26(22)28(38)34-20-15-13-18(14-16-20)17-25(29(39)40)36-30(41)35-24-12-5-4-9-21(24)27(37)33-19-7-2-1-3-8-19/h4-6,9-16,19,25H,1-3,7-8,17H2,(H,33,37)(H,34,38)(H,39,40)(H2,35,36,41). The van der Waals surface area contributed by atoms with E-state index in [1.165, 1.54) is 0 Å². The molecule has 0 heterocycles. The number of benzene rings is 3. The minimum absolute atomic E-state index is 0.0167. The van der Waals surface area contributed by atoms with Crippen molar-refractivity contribution in [2.24, 2.45) is 0 Å². The minimum atomic E-state index is -1.25. The molecule has 0 aliphatic heterocycles. The van der Waals surface area contributed by atoms with E-state index in [9.17, 15) is 24.3 Å². The molecular weight excluding hydrogens is 567 g/mol. The number of carbonyl (C=O) groups is 4. The number of amides is 4. The predicted octanol–water partition coefficient (Wildman–Crippen LogP) is 6.13. The van der Waals surface area contributed by atoms with Gasteiger partial charge in [0.2, 0.25) is 0 Å². The average molecular weight is 597 g/mol. The first-order chi connectivity index (χ1) is 19.7. The number of aliphatic carboxylic acids is 1. The molecule has 0 radical (unpaired) electrons. The zero-order chi connectivity index (χ0) is 29.4. The van der Waals surface area contributed by atoms with Crippen molar-refractivity contribution >= 4 is 58.4 Å². The molecular formula is C30H30Cl2N4O5. The number of carbonyl (C=O) groups excluding carboxylic acids is 3. The Kier molecular flexibility index (Phi) is 10.2. The Bertz CT molecular complexity index is 1400. The normalized spacial score (nSPS) is 14.0. The van der Waals surface area contributed by atoms with Gasteiger partial charge in [0, 0.05) is 18.2 Å². The molecule has 0 bridgehead atoms. The van der Waals surface area contributed by atoms with Crippen LogP contribution in [0.4, 0.5) is 16.2 Å². The lowest BCUT2D eigenvalue weighted by Crippen LogP contribution is -2.44. The Balaban J connectivity index is 1.36. The second kappa shape index (κ2) is 14.0. The van der Waals surface area contributed by atoms with Gasteiger partial charge in [-0.1, -0.05) is 72.8 Å². The number of hydrogen-bond donors (Lipinski definition) is 5. The lowest BCUT2D eigenvalue weighted by atomic mass is 9.95. The molecule has 3 aromatic rings. The van der Waals surface area contributed by atoms with Crippen LogP contribution in [0.3, 0.4) is 0 Å². The van der Waals surface area contributed by atoms with Crippen molar-refractivity contribution in [2.45, 2.75) is 50.6 Å². The van der Waals surface area contributed by atoms with E-state index in [4.69, 9.17) is 23.2 Å². The Hall–Kier alpha value is -4.08. The van der Waals surface area contributed by atoms with Crippen molar-refractivity contribution < 1.29 is 24.3 Å². The molecule has 0 aromatic heterocycles. The lowest BCUT2D eigenvalue weighted by molar-refractivity contribution is -0.139. The molecule has 1 atom stereocenters. The summed E-state index contributed by atoms with van der Waals surface area (Å²) in [5.41, 5.74) is 1.79. The maximum atomic E-state index is 12.9. The molecule has 1 aliphatic carbocycles. The van der Waals surface area contributed by atoms with Crippen molar-refractivity contribution in [3.8, 4) is 0 Å². The maximum Gasteiger partial charge on any atom is 0.326 e. The zero-order valence-electron chi connectivity index (χ0n) is 22.1. The maximum absolute atomic E-state index is 12.9. The number of halogens is 2. The van der Waals surface area contributed by atoms with Crippen LogP contribution < -0.4 is 21.3 Å². The summed E-state index contributed by atoms with van der Waals surface area (Å²) in [7, 11) is 0. The summed E-state index contributed by atoms with van der Waals surface area (Å²) >= 11 is 12.2. The van der Waals surface area contributed by atoms with Gasteiger partial charge in [-0.2, -0.15) is 0 Å². The number of urea groups is 1. The van der Waals surface area contributed by atoms with E-state index in [0.717, 1.165) is 32.1 Å². The van der Waals surface area contributed by atoms with Crippen LogP contribution in [-0.4, -0.2) is 41.0 Å². The van der Waals surface area contributed by atoms with Crippen LogP contribution in [0.1, 0.15) is 58.4 Å². The molecule has 0 spiro atoms. The van der Waals surface area contributed by atoms with E-state index in [0.29, 0.717) is 16.8 Å². The molecule has 11 heteroatoms. The smallest absolute Gasteiger partial charge is 0.326 e. The third-order valence-corrected chi connectivity index (χ3v) is 7.44. The van der Waals surface area contributed by atoms with Crippen molar-refractivity contribution in [1.82, 2.24) is 10.6 Å². The van der Waals surface area contributed by atoms with Crippen LogP contribution in [-0.2, 0) is 11.2 Å². The molecule has 1 saturated carbocycles. The number of carboxylic acids is 1. The van der Waals surface area contributed by atoms with Gasteiger partial charge in [0.1, 0.15) is 6.04 Å². The molecule has 214 valence electrons. The van der Waals surface area contributed by atoms with E-state index in [-0.39, 0.29) is 39.7 Å². The van der Waals surface area contributed by atoms with E-state index < -0.39 is 23.9 Å². The van der Waals surface area contributed by atoms with E-state index in [1.807, 2.05) is 0 Å². The summed E-state index contributed by atoms with van der Waals surface area (Å²) in [6.45, 7) is 0. The highest BCUT2D eigenvalue weighted by Gasteiger charge is 2.23. The molecule has 4 amide bonds. The van der Waals surface area contributed by atoms with E-state index in [2.05, 4.69) is 21.3 Å². The van der Waals surface area contributed by atoms with Gasteiger partial charge in [0.25, 0.3) is 11.8 Å². The van der Waals surface area contributed by atoms with Crippen molar-refractivity contribution in [3.63, 3.8) is 0 Å². The Labute approximate surface area is 247 Å². The summed E-state index contributed by atoms with van der Waals surface area (Å²) in [4.78, 5) is 50.2. The first-order valence-electron chi connectivity index (χ1n) is 13.3. The molecule has 0 saturated heterocycles. The number of hydrogen-bond acceptors (Lipinski definition) is 4. The van der Waals surface area contributed by atoms with Gasteiger partial charge in [-0.15, -0.1) is 0 Å². The monoisotopic (exact) mass is 596 g/mol. The Morgan fingerprint density at radius 3 is 2.12 bits per heavy atom. The van der Waals surface area contributed by atoms with Gasteiger partial charge in [0.05, 0.1) is 26.9 Å². The Morgan fingerprint density at radius 1 is 0.805 bits per heavy atom. The van der Waals surface area contributed by atoms with Gasteiger partial charge in [-0.3, -0.25) is 9.59 Å². The molecule has 3 aromatic carbocycles. The number of para-hydroxylation sites is 1. The van der Waals surface area contributed by atoms with E-state index in [1.54, 1.807) is 66.7 Å². The Morgan fingerprint density at radius 2 is 1.46 bits per heavy atom. The quantitative estimate of drug-likeness (QED) is 0.202. The lowest BCUT2D eigenvalue weighted by Gasteiger charge is -2.23.